The van der Waals surface area contributed by atoms with Gasteiger partial charge in [0.15, 0.2) is 0 Å². The summed E-state index contributed by atoms with van der Waals surface area (Å²) in [6.45, 7) is 0. The second-order valence-electron chi connectivity index (χ2n) is 4.69. The van der Waals surface area contributed by atoms with Crippen molar-refractivity contribution in [3.8, 4) is 0 Å². The van der Waals surface area contributed by atoms with E-state index in [1.165, 1.54) is 36.3 Å². The molecule has 1 aromatic carbocycles. The van der Waals surface area contributed by atoms with Crippen molar-refractivity contribution in [1.82, 2.24) is 5.32 Å². The van der Waals surface area contributed by atoms with Crippen LogP contribution in [0, 0.1) is 5.92 Å². The van der Waals surface area contributed by atoms with Crippen molar-refractivity contribution in [1.29, 1.82) is 0 Å². The van der Waals surface area contributed by atoms with E-state index in [4.69, 9.17) is 11.6 Å². The standard InChI is InChI=1S/C14H20ClNS/c1-16-14(9-11-5-7-17-8-6-11)12-3-2-4-13(15)10-12/h2-4,10-11,14,16H,5-9H2,1H3. The number of nitrogens with one attached hydrogen (secondary N) is 1. The Labute approximate surface area is 113 Å². The van der Waals surface area contributed by atoms with Gasteiger partial charge in [0.1, 0.15) is 0 Å². The predicted molar refractivity (Wildman–Crippen MR) is 77.9 cm³/mol. The summed E-state index contributed by atoms with van der Waals surface area (Å²) in [5, 5.41) is 4.26. The number of hydrogen-bond acceptors (Lipinski definition) is 2. The van der Waals surface area contributed by atoms with Crippen molar-refractivity contribution in [3.63, 3.8) is 0 Å². The normalized spacial score (nSPS) is 19.2. The van der Waals surface area contributed by atoms with Crippen LogP contribution in [-0.2, 0) is 0 Å². The third-order valence-electron chi connectivity index (χ3n) is 3.51. The van der Waals surface area contributed by atoms with E-state index in [-0.39, 0.29) is 0 Å². The fraction of sp³-hybridized carbons (Fsp3) is 0.571. The van der Waals surface area contributed by atoms with E-state index in [9.17, 15) is 0 Å². The molecule has 1 fully saturated rings. The highest BCUT2D eigenvalue weighted by Crippen LogP contribution is 2.31. The van der Waals surface area contributed by atoms with Crippen molar-refractivity contribution in [2.75, 3.05) is 18.6 Å². The van der Waals surface area contributed by atoms with Gasteiger partial charge in [-0.3, -0.25) is 0 Å². The summed E-state index contributed by atoms with van der Waals surface area (Å²) in [5.41, 5.74) is 1.32. The van der Waals surface area contributed by atoms with Crippen molar-refractivity contribution >= 4 is 23.4 Å². The van der Waals surface area contributed by atoms with E-state index in [2.05, 4.69) is 29.2 Å². The van der Waals surface area contributed by atoms with Crippen LogP contribution in [0.5, 0.6) is 0 Å². The molecule has 0 bridgehead atoms. The molecule has 1 nitrogen and oxygen atoms in total. The Kier molecular flexibility index (Phi) is 5.20. The molecule has 1 unspecified atom stereocenters. The number of halogens is 1. The molecule has 1 aliphatic rings. The molecule has 1 atom stereocenters. The maximum Gasteiger partial charge on any atom is 0.0409 e. The average molecular weight is 270 g/mol. The molecular formula is C14H20ClNS. The molecule has 1 aromatic rings. The topological polar surface area (TPSA) is 12.0 Å². The van der Waals surface area contributed by atoms with Crippen LogP contribution in [0.4, 0.5) is 0 Å². The lowest BCUT2D eigenvalue weighted by molar-refractivity contribution is 0.384. The maximum atomic E-state index is 6.06. The number of thioether (sulfide) groups is 1. The Bertz CT molecular complexity index is 350. The molecule has 0 aliphatic carbocycles. The summed E-state index contributed by atoms with van der Waals surface area (Å²) >= 11 is 8.15. The maximum absolute atomic E-state index is 6.06. The van der Waals surface area contributed by atoms with Gasteiger partial charge in [-0.25, -0.2) is 0 Å². The van der Waals surface area contributed by atoms with E-state index in [0.717, 1.165) is 10.9 Å². The zero-order valence-corrected chi connectivity index (χ0v) is 11.9. The Morgan fingerprint density at radius 2 is 2.18 bits per heavy atom. The summed E-state index contributed by atoms with van der Waals surface area (Å²) in [7, 11) is 2.04. The van der Waals surface area contributed by atoms with Crippen LogP contribution in [0.2, 0.25) is 5.02 Å². The lowest BCUT2D eigenvalue weighted by atomic mass is 9.91. The van der Waals surface area contributed by atoms with Gasteiger partial charge in [0.05, 0.1) is 0 Å². The molecule has 94 valence electrons. The molecule has 1 saturated heterocycles. The average Bonchev–Trinajstić information content (AvgIpc) is 2.37. The second-order valence-corrected chi connectivity index (χ2v) is 6.35. The van der Waals surface area contributed by atoms with Crippen LogP contribution in [-0.4, -0.2) is 18.6 Å². The minimum Gasteiger partial charge on any atom is -0.313 e. The van der Waals surface area contributed by atoms with Crippen molar-refractivity contribution in [2.24, 2.45) is 5.92 Å². The highest BCUT2D eigenvalue weighted by Gasteiger charge is 2.19. The largest absolute Gasteiger partial charge is 0.313 e. The summed E-state index contributed by atoms with van der Waals surface area (Å²) in [5.74, 6) is 3.53. The Morgan fingerprint density at radius 1 is 1.41 bits per heavy atom. The van der Waals surface area contributed by atoms with Crippen LogP contribution in [0.3, 0.4) is 0 Å². The van der Waals surface area contributed by atoms with Gasteiger partial charge in [0.2, 0.25) is 0 Å². The van der Waals surface area contributed by atoms with Gasteiger partial charge in [-0.2, -0.15) is 11.8 Å². The van der Waals surface area contributed by atoms with Crippen LogP contribution in [0.25, 0.3) is 0 Å². The molecule has 3 heteroatoms. The van der Waals surface area contributed by atoms with Gasteiger partial charge in [-0.15, -0.1) is 0 Å². The van der Waals surface area contributed by atoms with E-state index in [1.807, 2.05) is 19.2 Å². The van der Waals surface area contributed by atoms with Crippen molar-refractivity contribution in [2.45, 2.75) is 25.3 Å². The first-order chi connectivity index (χ1) is 8.29. The summed E-state index contributed by atoms with van der Waals surface area (Å²) in [4.78, 5) is 0. The molecule has 0 saturated carbocycles. The number of hydrogen-bond donors (Lipinski definition) is 1. The number of benzene rings is 1. The van der Waals surface area contributed by atoms with E-state index in [1.54, 1.807) is 0 Å². The minimum atomic E-state index is 0.446. The molecular weight excluding hydrogens is 250 g/mol. The van der Waals surface area contributed by atoms with Gasteiger partial charge in [-0.1, -0.05) is 23.7 Å². The van der Waals surface area contributed by atoms with E-state index >= 15 is 0 Å². The zero-order valence-electron chi connectivity index (χ0n) is 10.3. The molecule has 2 rings (SSSR count). The third-order valence-corrected chi connectivity index (χ3v) is 4.79. The Hall–Kier alpha value is -0.180. The predicted octanol–water partition coefficient (Wildman–Crippen LogP) is 4.13. The van der Waals surface area contributed by atoms with Gasteiger partial charge in [0, 0.05) is 11.1 Å². The highest BCUT2D eigenvalue weighted by atomic mass is 35.5. The van der Waals surface area contributed by atoms with Crippen LogP contribution >= 0.6 is 23.4 Å². The van der Waals surface area contributed by atoms with Crippen LogP contribution < -0.4 is 5.32 Å². The smallest absolute Gasteiger partial charge is 0.0409 e. The number of rotatable bonds is 4. The molecule has 1 heterocycles. The van der Waals surface area contributed by atoms with Gasteiger partial charge >= 0.3 is 0 Å². The van der Waals surface area contributed by atoms with Crippen molar-refractivity contribution < 1.29 is 0 Å². The quantitative estimate of drug-likeness (QED) is 0.882. The second kappa shape index (κ2) is 6.67. The summed E-state index contributed by atoms with van der Waals surface area (Å²) in [6, 6.07) is 8.68. The lowest BCUT2D eigenvalue weighted by Gasteiger charge is -2.26. The fourth-order valence-corrected chi connectivity index (χ4v) is 3.86. The van der Waals surface area contributed by atoms with Crippen molar-refractivity contribution in [3.05, 3.63) is 34.9 Å². The van der Waals surface area contributed by atoms with Gasteiger partial charge in [-0.05, 0) is 61.4 Å². The molecule has 17 heavy (non-hydrogen) atoms. The highest BCUT2D eigenvalue weighted by molar-refractivity contribution is 7.99. The molecule has 0 amide bonds. The lowest BCUT2D eigenvalue weighted by Crippen LogP contribution is -2.22. The molecule has 0 spiro atoms. The third kappa shape index (κ3) is 3.90. The molecule has 1 aliphatic heterocycles. The zero-order chi connectivity index (χ0) is 12.1. The van der Waals surface area contributed by atoms with Crippen LogP contribution in [0.15, 0.2) is 24.3 Å². The Morgan fingerprint density at radius 3 is 2.82 bits per heavy atom. The summed E-state index contributed by atoms with van der Waals surface area (Å²) in [6.07, 6.45) is 3.96. The van der Waals surface area contributed by atoms with Gasteiger partial charge < -0.3 is 5.32 Å². The first kappa shape index (κ1) is 13.3. The fourth-order valence-electron chi connectivity index (χ4n) is 2.46. The molecule has 0 aromatic heterocycles. The first-order valence-corrected chi connectivity index (χ1v) is 7.83. The monoisotopic (exact) mass is 269 g/mol. The first-order valence-electron chi connectivity index (χ1n) is 6.30. The van der Waals surface area contributed by atoms with E-state index < -0.39 is 0 Å². The minimum absolute atomic E-state index is 0.446. The summed E-state index contributed by atoms with van der Waals surface area (Å²) < 4.78 is 0. The molecule has 0 radical (unpaired) electrons. The molecule has 1 N–H and O–H groups in total. The van der Waals surface area contributed by atoms with Crippen LogP contribution in [0.1, 0.15) is 30.9 Å². The van der Waals surface area contributed by atoms with E-state index in [0.29, 0.717) is 6.04 Å². The Balaban J connectivity index is 2.00. The van der Waals surface area contributed by atoms with Gasteiger partial charge in [0.25, 0.3) is 0 Å². The SMILES string of the molecule is CNC(CC1CCSCC1)c1cccc(Cl)c1.